The minimum Gasteiger partial charge on any atom is -0.484 e. The van der Waals surface area contributed by atoms with Gasteiger partial charge in [-0.25, -0.2) is 14.8 Å². The molecular formula is C94H114N24O21. The molecule has 0 radical (unpaired) electrons. The maximum absolute atomic E-state index is 14.3. The van der Waals surface area contributed by atoms with Gasteiger partial charge in [0.05, 0.1) is 115 Å². The molecule has 2 aliphatic rings. The minimum absolute atomic E-state index is 0.0361. The molecule has 45 heteroatoms. The van der Waals surface area contributed by atoms with E-state index in [1.807, 2.05) is 25.1 Å². The Hall–Kier alpha value is -15.6. The molecule has 0 saturated carbocycles. The third kappa shape index (κ3) is 25.6. The van der Waals surface area contributed by atoms with E-state index in [4.69, 9.17) is 33.4 Å². The lowest BCUT2D eigenvalue weighted by molar-refractivity contribution is -0.172. The van der Waals surface area contributed by atoms with Crippen molar-refractivity contribution >= 4 is 128 Å². The SMILES string of the molecule is CC[C@@]1(O)C(=O)OCc2c1cc1n(c2=O)Cc2cc3cc(OCC(=O)NCCCCOCCOCCOCCOCCC(=O)N[C@H](CCNC(=O)c4cc(NC(=O)c5cc(NC(=O)c6cc(NC(=O)c7nccn7C)cn6C)cn5C)cn4C)C(=O)Nc4cc(C(=O)Nc5cc(C(=O)Nc6cc(C(=O)Nc7cc(C(=O)NCCC(=O)NCCCN(C)C)n(C)c7)n(C)c6)n(C)c5)n(C)c4)ccc3nc2-1. The number of hydrogen-bond donors (Lipinski definition) is 13. The summed E-state index contributed by atoms with van der Waals surface area (Å²) in [6.07, 6.45) is 15.8. The summed E-state index contributed by atoms with van der Waals surface area (Å²) in [5.41, 5.74) is 3.62. The van der Waals surface area contributed by atoms with Gasteiger partial charge in [-0.15, -0.1) is 0 Å². The second-order valence-corrected chi connectivity index (χ2v) is 33.8. The fourth-order valence-corrected chi connectivity index (χ4v) is 15.8. The predicted octanol–water partition coefficient (Wildman–Crippen LogP) is 4.56. The molecule has 0 aliphatic carbocycles. The summed E-state index contributed by atoms with van der Waals surface area (Å²) in [5, 5.41) is 45.3. The highest BCUT2D eigenvalue weighted by Gasteiger charge is 2.46. The first kappa shape index (κ1) is 101. The van der Waals surface area contributed by atoms with Crippen LogP contribution in [0.15, 0.2) is 133 Å². The van der Waals surface area contributed by atoms with Gasteiger partial charge in [0.2, 0.25) is 17.7 Å². The van der Waals surface area contributed by atoms with Crippen LogP contribution in [0.4, 0.5) is 39.8 Å². The third-order valence-corrected chi connectivity index (χ3v) is 23.1. The number of aliphatic hydroxyl groups is 1. The van der Waals surface area contributed by atoms with E-state index in [-0.39, 0.29) is 194 Å². The van der Waals surface area contributed by atoms with Crippen LogP contribution in [0.25, 0.3) is 22.3 Å². The number of aromatic nitrogens is 11. The van der Waals surface area contributed by atoms with E-state index in [1.54, 1.807) is 126 Å². The van der Waals surface area contributed by atoms with Crippen molar-refractivity contribution in [1.82, 2.24) is 82.6 Å². The minimum atomic E-state index is -1.93. The van der Waals surface area contributed by atoms with E-state index < -0.39 is 76.7 Å². The van der Waals surface area contributed by atoms with Crippen LogP contribution in [0.5, 0.6) is 5.75 Å². The Morgan fingerprint density at radius 3 is 1.40 bits per heavy atom. The molecule has 12 heterocycles. The lowest BCUT2D eigenvalue weighted by Crippen LogP contribution is -2.46. The zero-order valence-corrected chi connectivity index (χ0v) is 78.9. The van der Waals surface area contributed by atoms with Gasteiger partial charge in [-0.2, -0.15) is 0 Å². The van der Waals surface area contributed by atoms with Crippen molar-refractivity contribution in [3.8, 4) is 17.1 Å². The van der Waals surface area contributed by atoms with Crippen molar-refractivity contribution in [2.45, 2.75) is 76.7 Å². The molecule has 0 saturated heterocycles. The van der Waals surface area contributed by atoms with Crippen LogP contribution in [0, 0.1) is 0 Å². The quantitative estimate of drug-likeness (QED) is 0.0184. The zero-order chi connectivity index (χ0) is 99.5. The van der Waals surface area contributed by atoms with Gasteiger partial charge in [-0.1, -0.05) is 6.92 Å². The van der Waals surface area contributed by atoms with Gasteiger partial charge in [0.15, 0.2) is 18.0 Å². The number of rotatable bonds is 48. The van der Waals surface area contributed by atoms with Gasteiger partial charge < -0.3 is 143 Å². The van der Waals surface area contributed by atoms with Gasteiger partial charge >= 0.3 is 5.97 Å². The highest BCUT2D eigenvalue weighted by atomic mass is 16.6. The fourth-order valence-electron chi connectivity index (χ4n) is 15.8. The fraction of sp³-hybridized carbons (Fsp3) is 0.383. The molecule has 45 nitrogen and oxygen atoms in total. The number of benzene rings is 1. The zero-order valence-electron chi connectivity index (χ0n) is 78.9. The molecule has 1 aromatic carbocycles. The maximum atomic E-state index is 14.3. The number of nitrogens with one attached hydrogen (secondary N) is 12. The Morgan fingerprint density at radius 1 is 0.475 bits per heavy atom. The van der Waals surface area contributed by atoms with E-state index in [0.29, 0.717) is 79.8 Å². The van der Waals surface area contributed by atoms with Crippen LogP contribution in [0.1, 0.15) is 153 Å². The normalized spacial score (nSPS) is 13.2. The summed E-state index contributed by atoms with van der Waals surface area (Å²) in [4.78, 5) is 198. The van der Waals surface area contributed by atoms with E-state index in [1.165, 1.54) is 101 Å². The highest BCUT2D eigenvalue weighted by molar-refractivity contribution is 6.11. The number of pyridine rings is 2. The summed E-state index contributed by atoms with van der Waals surface area (Å²) >= 11 is 0. The van der Waals surface area contributed by atoms with Crippen LogP contribution in [0.2, 0.25) is 0 Å². The van der Waals surface area contributed by atoms with Gasteiger partial charge in [0.25, 0.3) is 58.7 Å². The number of ether oxygens (including phenoxy) is 6. The summed E-state index contributed by atoms with van der Waals surface area (Å²) in [6.45, 7) is 4.99. The standard InChI is InChI=1S/C94H114N24O21/c1-12-94(133)67-45-70-81-57(46-118(70)92(131)66(67)54-139-93(94)132)36-56-37-65(16-17-68(56)108-81)138-55-80(121)96-21-13-14-28-134-30-32-136-34-35-137-33-31-135-29-20-79(120)107-69(18-23-98-84(123)71-38-59(48-111(71)5)101-87(126)75-42-63(52-115(75)9)105-90(129)77-44-64(53-117(77)11)106-91(130)82-97-25-27-110(82)4)83(122)100-58-40-73(113(7)47-58)86(125)103-61-43-76(116(10)50-61)89(128)104-62-41-74(114(8)51-62)88(127)102-60-39-72(112(6)49-60)85(124)99-24-19-78(119)95-22-15-26-109(2)3/h16-17,25,27,36-45,47-53,69,133H,12-15,18-24,26,28-35,46,54-55H2,1-11H3,(H,95,119)(H,96,121)(H,98,123)(H,99,124)(H,100,122)(H,101,126)(H,102,127)(H,103,125)(H,104,128)(H,105,129)(H,106,130)(H,107,120)/t69-,94+/m1/s1. The first-order valence-corrected chi connectivity index (χ1v) is 45.0. The summed E-state index contributed by atoms with van der Waals surface area (Å²) in [5.74, 6) is -6.30. The number of aryl methyl sites for hydroxylation is 8. The van der Waals surface area contributed by atoms with E-state index in [2.05, 4.69) is 68.8 Å². The predicted molar refractivity (Wildman–Crippen MR) is 510 cm³/mol. The number of nitrogens with zero attached hydrogens (tertiary/aromatic N) is 12. The molecule has 0 unspecified atom stereocenters. The van der Waals surface area contributed by atoms with Crippen molar-refractivity contribution < 1.29 is 95.9 Å². The Bertz CT molecular complexity index is 6530. The number of anilines is 7. The van der Waals surface area contributed by atoms with Crippen molar-refractivity contribution in [2.24, 2.45) is 56.4 Å². The molecule has 0 bridgehead atoms. The number of amides is 12. The smallest absolute Gasteiger partial charge is 0.343 e. The number of carbonyl (C=O) groups excluding carboxylic acids is 13. The summed E-state index contributed by atoms with van der Waals surface area (Å²) in [7, 11) is 16.8. The number of cyclic esters (lactones) is 1. The molecule has 13 N–H and O–H groups in total. The second kappa shape index (κ2) is 45.8. The van der Waals surface area contributed by atoms with Crippen molar-refractivity contribution in [1.29, 1.82) is 0 Å². The molecule has 0 fully saturated rings. The molecule has 2 atom stereocenters. The third-order valence-electron chi connectivity index (χ3n) is 23.1. The summed E-state index contributed by atoms with van der Waals surface area (Å²) in [6, 6.07) is 17.8. The van der Waals surface area contributed by atoms with Crippen molar-refractivity contribution in [3.63, 3.8) is 0 Å². The molecule has 10 aromatic heterocycles. The topological polar surface area (TPSA) is 532 Å². The lowest BCUT2D eigenvalue weighted by Gasteiger charge is -2.31. The maximum Gasteiger partial charge on any atom is 0.343 e. The summed E-state index contributed by atoms with van der Waals surface area (Å²) < 4.78 is 47.3. The Labute approximate surface area is 797 Å². The van der Waals surface area contributed by atoms with Crippen molar-refractivity contribution in [2.75, 3.05) is 143 Å². The van der Waals surface area contributed by atoms with Crippen LogP contribution in [-0.2, 0) is 123 Å². The average molecular weight is 1920 g/mol. The van der Waals surface area contributed by atoms with Gasteiger partial charge in [-0.3, -0.25) is 62.3 Å². The number of imidazole rings is 1. The number of carbonyl (C=O) groups is 13. The van der Waals surface area contributed by atoms with Crippen LogP contribution < -0.4 is 74.1 Å². The molecule has 12 amide bonds. The average Bonchev–Trinajstić information content (AvgIpc) is 1.60. The van der Waals surface area contributed by atoms with Crippen molar-refractivity contribution in [3.05, 3.63) is 201 Å². The van der Waals surface area contributed by atoms with Crippen LogP contribution in [0.3, 0.4) is 0 Å². The lowest BCUT2D eigenvalue weighted by atomic mass is 9.86. The van der Waals surface area contributed by atoms with E-state index in [9.17, 15) is 72.2 Å². The second-order valence-electron chi connectivity index (χ2n) is 33.8. The van der Waals surface area contributed by atoms with Crippen LogP contribution >= 0.6 is 0 Å². The number of hydrogen-bond acceptors (Lipinski definition) is 24. The molecular weight excluding hydrogens is 1800 g/mol. The molecule has 139 heavy (non-hydrogen) atoms. The van der Waals surface area contributed by atoms with Gasteiger partial charge in [0.1, 0.15) is 58.3 Å². The molecule has 0 spiro atoms. The number of esters is 1. The van der Waals surface area contributed by atoms with Crippen LogP contribution in [-0.4, -0.2) is 250 Å². The number of fused-ring (bicyclic) bond motifs is 5. The Balaban J connectivity index is 0.539. The molecule has 736 valence electrons. The monoisotopic (exact) mass is 1910 g/mol. The van der Waals surface area contributed by atoms with Gasteiger partial charge in [-0.05, 0) is 126 Å². The molecule has 2 aliphatic heterocycles. The highest BCUT2D eigenvalue weighted by Crippen LogP contribution is 2.40. The molecule has 13 rings (SSSR count). The molecule has 11 aromatic rings. The van der Waals surface area contributed by atoms with E-state index in [0.717, 1.165) is 23.9 Å². The first-order chi connectivity index (χ1) is 66.6. The number of unbranched alkanes of at least 4 members (excludes halogenated alkanes) is 1. The Kier molecular flexibility index (Phi) is 33.3. The largest absolute Gasteiger partial charge is 0.484 e. The Morgan fingerprint density at radius 2 is 0.921 bits per heavy atom. The van der Waals surface area contributed by atoms with E-state index >= 15 is 0 Å². The first-order valence-electron chi connectivity index (χ1n) is 45.0. The van der Waals surface area contributed by atoms with Gasteiger partial charge in [0, 0.05) is 174 Å².